The molecule has 8 saturated carbocycles. The summed E-state index contributed by atoms with van der Waals surface area (Å²) >= 11 is 0. The number of hydrogen-bond acceptors (Lipinski definition) is 1. The lowest BCUT2D eigenvalue weighted by Gasteiger charge is -2.56. The first-order valence-corrected chi connectivity index (χ1v) is 11.0. The minimum absolute atomic E-state index is 0.392. The molecule has 10 unspecified atom stereocenters. The van der Waals surface area contributed by atoms with Crippen molar-refractivity contribution in [1.29, 1.82) is 0 Å². The zero-order valence-electron chi connectivity index (χ0n) is 15.9. The average molecular weight is 352 g/mol. The molecule has 0 aromatic carbocycles. The molecule has 0 heterocycles. The fourth-order valence-corrected chi connectivity index (χ4v) is 8.33. The summed E-state index contributed by atoms with van der Waals surface area (Å²) < 4.78 is 0. The lowest BCUT2D eigenvalue weighted by molar-refractivity contribution is 0.0390. The zero-order valence-corrected chi connectivity index (χ0v) is 15.9. The second-order valence-corrected chi connectivity index (χ2v) is 10.6. The van der Waals surface area contributed by atoms with Gasteiger partial charge in [0, 0.05) is 17.9 Å². The monoisotopic (exact) mass is 351 g/mol. The molecule has 0 radical (unpaired) electrons. The van der Waals surface area contributed by atoms with E-state index in [1.807, 2.05) is 0 Å². The molecule has 0 aromatic heterocycles. The van der Waals surface area contributed by atoms with Crippen LogP contribution in [0.15, 0.2) is 29.3 Å². The van der Waals surface area contributed by atoms with Crippen LogP contribution < -0.4 is 11.1 Å². The maximum absolute atomic E-state index is 6.50. The Kier molecular flexibility index (Phi) is 3.27. The maximum atomic E-state index is 6.50. The van der Waals surface area contributed by atoms with Crippen molar-refractivity contribution in [3.8, 4) is 0 Å². The van der Waals surface area contributed by atoms with Crippen molar-refractivity contribution in [2.75, 3.05) is 0 Å². The normalized spacial score (nSPS) is 54.2. The minimum Gasteiger partial charge on any atom is -0.370 e. The van der Waals surface area contributed by atoms with Crippen LogP contribution >= 0.6 is 0 Å². The summed E-state index contributed by atoms with van der Waals surface area (Å²) in [5.74, 6) is 6.92. The summed E-state index contributed by atoms with van der Waals surface area (Å²) in [6.07, 6.45) is 10.8. The van der Waals surface area contributed by atoms with E-state index >= 15 is 0 Å². The van der Waals surface area contributed by atoms with Gasteiger partial charge in [0.15, 0.2) is 5.96 Å². The van der Waals surface area contributed by atoms with Crippen molar-refractivity contribution in [1.82, 2.24) is 5.32 Å². The number of rotatable bonds is 2. The van der Waals surface area contributed by atoms with E-state index in [-0.39, 0.29) is 0 Å². The van der Waals surface area contributed by atoms with E-state index in [0.29, 0.717) is 29.9 Å². The van der Waals surface area contributed by atoms with Crippen molar-refractivity contribution in [3.63, 3.8) is 0 Å². The van der Waals surface area contributed by atoms with Gasteiger partial charge in [-0.3, -0.25) is 0 Å². The minimum atomic E-state index is 0.392. The van der Waals surface area contributed by atoms with Crippen molar-refractivity contribution in [2.24, 2.45) is 58.1 Å². The number of nitrogens with two attached hydrogens (primary N) is 1. The maximum Gasteiger partial charge on any atom is 0.189 e. The second-order valence-electron chi connectivity index (χ2n) is 10.6. The van der Waals surface area contributed by atoms with Crippen LogP contribution in [0.1, 0.15) is 51.4 Å². The van der Waals surface area contributed by atoms with Crippen molar-refractivity contribution < 1.29 is 0 Å². The first-order chi connectivity index (χ1) is 12.6. The summed E-state index contributed by atoms with van der Waals surface area (Å²) in [5, 5.41) is 3.70. The first kappa shape index (κ1) is 15.8. The van der Waals surface area contributed by atoms with Crippen LogP contribution in [0.3, 0.4) is 0 Å². The summed E-state index contributed by atoms with van der Waals surface area (Å²) in [7, 11) is 0. The average Bonchev–Trinajstić information content (AvgIpc) is 2.62. The van der Waals surface area contributed by atoms with Crippen LogP contribution in [0.25, 0.3) is 0 Å². The van der Waals surface area contributed by atoms with Gasteiger partial charge >= 0.3 is 0 Å². The Bertz CT molecular complexity index is 694. The molecule has 8 fully saturated rings. The second kappa shape index (κ2) is 5.39. The Morgan fingerprint density at radius 1 is 0.808 bits per heavy atom. The highest BCUT2D eigenvalue weighted by Gasteiger charge is 2.52. The summed E-state index contributed by atoms with van der Waals surface area (Å²) in [6.45, 7) is 8.92. The zero-order chi connectivity index (χ0) is 17.6. The molecule has 3 N–H and O–H groups in total. The van der Waals surface area contributed by atoms with E-state index in [1.165, 1.54) is 62.5 Å². The lowest BCUT2D eigenvalue weighted by Crippen LogP contribution is -2.58. The van der Waals surface area contributed by atoms with Crippen LogP contribution in [0, 0.1) is 47.3 Å². The molecule has 26 heavy (non-hydrogen) atoms. The Morgan fingerprint density at radius 2 is 1.42 bits per heavy atom. The fourth-order valence-electron chi connectivity index (χ4n) is 8.33. The van der Waals surface area contributed by atoms with E-state index in [9.17, 15) is 0 Å². The molecule has 8 aliphatic rings. The molecule has 0 saturated heterocycles. The van der Waals surface area contributed by atoms with E-state index < -0.39 is 0 Å². The molecule has 8 aliphatic carbocycles. The third-order valence-corrected chi connectivity index (χ3v) is 9.30. The van der Waals surface area contributed by atoms with Gasteiger partial charge in [-0.05, 0) is 86.9 Å². The number of guanidine groups is 1. The molecule has 8 bridgehead atoms. The third-order valence-electron chi connectivity index (χ3n) is 9.30. The van der Waals surface area contributed by atoms with Gasteiger partial charge in [-0.2, -0.15) is 0 Å². The highest BCUT2D eigenvalue weighted by Crippen LogP contribution is 2.57. The molecular formula is C23H33N3. The molecule has 0 spiro atoms. The van der Waals surface area contributed by atoms with Crippen LogP contribution in [0.4, 0.5) is 0 Å². The predicted molar refractivity (Wildman–Crippen MR) is 105 cm³/mol. The smallest absolute Gasteiger partial charge is 0.189 e. The van der Waals surface area contributed by atoms with Gasteiger partial charge in [-0.15, -0.1) is 0 Å². The largest absolute Gasteiger partial charge is 0.370 e. The molecule has 0 aromatic rings. The Morgan fingerprint density at radius 3 is 2.19 bits per heavy atom. The quantitative estimate of drug-likeness (QED) is 0.451. The summed E-state index contributed by atoms with van der Waals surface area (Å²) in [6, 6.07) is 0.877. The molecule has 3 nitrogen and oxygen atoms in total. The third kappa shape index (κ3) is 2.15. The SMILES string of the molecule is C=C1C2CC3CC(C2)C(N=C(N)NC2C4CC5CC(C4)C(=C)C2C5)C1C3. The standard InChI is InChI=1S/C23H33N3/c1-11-15-3-13-5-17(9-15)21(19(11)7-13)25-23(24)26-22-18-6-14-4-16(10-18)12(2)20(22)8-14/h13-22H,1-10H2,(H3,24,25,26). The van der Waals surface area contributed by atoms with Gasteiger partial charge in [0.25, 0.3) is 0 Å². The van der Waals surface area contributed by atoms with Gasteiger partial charge in [-0.25, -0.2) is 4.99 Å². The fraction of sp³-hybridized carbons (Fsp3) is 0.783. The van der Waals surface area contributed by atoms with Crippen LogP contribution in [0.5, 0.6) is 0 Å². The first-order valence-electron chi connectivity index (χ1n) is 11.0. The Hall–Kier alpha value is -1.25. The Labute approximate surface area is 157 Å². The van der Waals surface area contributed by atoms with Gasteiger partial charge in [-0.1, -0.05) is 24.3 Å². The molecule has 140 valence electrons. The molecule has 3 heteroatoms. The van der Waals surface area contributed by atoms with Crippen LogP contribution in [0.2, 0.25) is 0 Å². The van der Waals surface area contributed by atoms with Gasteiger partial charge < -0.3 is 11.1 Å². The summed E-state index contributed by atoms with van der Waals surface area (Å²) in [4.78, 5) is 5.10. The van der Waals surface area contributed by atoms with Gasteiger partial charge in [0.1, 0.15) is 0 Å². The van der Waals surface area contributed by atoms with Crippen LogP contribution in [-0.4, -0.2) is 18.0 Å². The molecular weight excluding hydrogens is 318 g/mol. The molecule has 0 aliphatic heterocycles. The van der Waals surface area contributed by atoms with Crippen LogP contribution in [-0.2, 0) is 0 Å². The molecule has 0 amide bonds. The van der Waals surface area contributed by atoms with Gasteiger partial charge in [0.2, 0.25) is 0 Å². The van der Waals surface area contributed by atoms with E-state index in [2.05, 4.69) is 18.5 Å². The predicted octanol–water partition coefficient (Wildman–Crippen LogP) is 3.87. The van der Waals surface area contributed by atoms with E-state index in [0.717, 1.165) is 35.5 Å². The van der Waals surface area contributed by atoms with E-state index in [4.69, 9.17) is 10.7 Å². The van der Waals surface area contributed by atoms with Crippen molar-refractivity contribution in [3.05, 3.63) is 24.3 Å². The van der Waals surface area contributed by atoms with Gasteiger partial charge in [0.05, 0.1) is 6.04 Å². The number of aliphatic imine (C=N–C) groups is 1. The van der Waals surface area contributed by atoms with Crippen molar-refractivity contribution >= 4 is 5.96 Å². The topological polar surface area (TPSA) is 50.4 Å². The van der Waals surface area contributed by atoms with E-state index in [1.54, 1.807) is 0 Å². The summed E-state index contributed by atoms with van der Waals surface area (Å²) in [5.41, 5.74) is 9.50. The molecule has 10 atom stereocenters. The highest BCUT2D eigenvalue weighted by atomic mass is 15.1. The van der Waals surface area contributed by atoms with Crippen molar-refractivity contribution in [2.45, 2.75) is 63.5 Å². The number of nitrogens with one attached hydrogen (secondary N) is 1. The lowest BCUT2D eigenvalue weighted by atomic mass is 9.52. The Balaban J connectivity index is 1.21. The number of nitrogens with zero attached hydrogens (tertiary/aromatic N) is 1. The number of hydrogen-bond donors (Lipinski definition) is 2. The highest BCUT2D eigenvalue weighted by molar-refractivity contribution is 5.78. The molecule has 8 rings (SSSR count).